The van der Waals surface area contributed by atoms with E-state index in [2.05, 4.69) is 20.8 Å². The van der Waals surface area contributed by atoms with Crippen LogP contribution in [-0.4, -0.2) is 11.1 Å². The second-order valence-electron chi connectivity index (χ2n) is 5.20. The van der Waals surface area contributed by atoms with Gasteiger partial charge >= 0.3 is 5.97 Å². The highest BCUT2D eigenvalue weighted by atomic mass is 16.4. The summed E-state index contributed by atoms with van der Waals surface area (Å²) in [6, 6.07) is 0. The fourth-order valence-corrected chi connectivity index (χ4v) is 2.60. The Kier molecular flexibility index (Phi) is 3.95. The molecule has 0 spiro atoms. The standard InChI is InChI=1S/C13H22O2/c1-8-5-12(6-9(2)11(8)4)7-10(3)13(14)15/h7-9,11-12H,5-6H2,1-4H3,(H,14,15)/b10-7+. The number of carboxylic acids is 1. The van der Waals surface area contributed by atoms with Gasteiger partial charge in [0.05, 0.1) is 0 Å². The highest BCUT2D eigenvalue weighted by Crippen LogP contribution is 2.38. The lowest BCUT2D eigenvalue weighted by Crippen LogP contribution is -2.27. The number of allylic oxidation sites excluding steroid dienone is 1. The van der Waals surface area contributed by atoms with Gasteiger partial charge in [0.25, 0.3) is 0 Å². The zero-order valence-corrected chi connectivity index (χ0v) is 10.2. The van der Waals surface area contributed by atoms with Crippen LogP contribution in [0.4, 0.5) is 0 Å². The number of rotatable bonds is 2. The van der Waals surface area contributed by atoms with Crippen LogP contribution in [0.25, 0.3) is 0 Å². The van der Waals surface area contributed by atoms with E-state index in [0.717, 1.165) is 18.8 Å². The molecule has 0 aliphatic heterocycles. The molecule has 1 rings (SSSR count). The van der Waals surface area contributed by atoms with Crippen molar-refractivity contribution in [3.8, 4) is 0 Å². The number of carbonyl (C=O) groups is 1. The Morgan fingerprint density at radius 1 is 1.20 bits per heavy atom. The van der Waals surface area contributed by atoms with Crippen LogP contribution >= 0.6 is 0 Å². The molecule has 0 bridgehead atoms. The van der Waals surface area contributed by atoms with Gasteiger partial charge in [0, 0.05) is 5.57 Å². The molecule has 1 saturated carbocycles. The Balaban J connectivity index is 2.66. The third-order valence-electron chi connectivity index (χ3n) is 3.97. The first-order chi connectivity index (χ1) is 6.91. The molecule has 86 valence electrons. The van der Waals surface area contributed by atoms with Crippen LogP contribution < -0.4 is 0 Å². The molecular formula is C13H22O2. The van der Waals surface area contributed by atoms with Crippen molar-refractivity contribution in [3.05, 3.63) is 11.6 Å². The summed E-state index contributed by atoms with van der Waals surface area (Å²) < 4.78 is 0. The van der Waals surface area contributed by atoms with Gasteiger partial charge < -0.3 is 5.11 Å². The maximum absolute atomic E-state index is 10.7. The lowest BCUT2D eigenvalue weighted by atomic mass is 9.69. The summed E-state index contributed by atoms with van der Waals surface area (Å²) in [5, 5.41) is 8.83. The molecule has 1 aliphatic carbocycles. The first-order valence-corrected chi connectivity index (χ1v) is 5.83. The maximum Gasteiger partial charge on any atom is 0.330 e. The van der Waals surface area contributed by atoms with Gasteiger partial charge in [-0.15, -0.1) is 0 Å². The average Bonchev–Trinajstić information content (AvgIpc) is 2.13. The molecule has 0 aromatic carbocycles. The van der Waals surface area contributed by atoms with Crippen LogP contribution in [0.3, 0.4) is 0 Å². The van der Waals surface area contributed by atoms with Gasteiger partial charge in [0.1, 0.15) is 0 Å². The second kappa shape index (κ2) is 4.82. The van der Waals surface area contributed by atoms with Crippen LogP contribution in [0.2, 0.25) is 0 Å². The van der Waals surface area contributed by atoms with Gasteiger partial charge in [0.15, 0.2) is 0 Å². The van der Waals surface area contributed by atoms with Crippen molar-refractivity contribution < 1.29 is 9.90 Å². The Morgan fingerprint density at radius 3 is 2.07 bits per heavy atom. The van der Waals surface area contributed by atoms with Crippen molar-refractivity contribution in [1.82, 2.24) is 0 Å². The third kappa shape index (κ3) is 3.08. The molecule has 0 saturated heterocycles. The Hall–Kier alpha value is -0.790. The van der Waals surface area contributed by atoms with Gasteiger partial charge in [0.2, 0.25) is 0 Å². The molecule has 2 nitrogen and oxygen atoms in total. The Bertz CT molecular complexity index is 256. The van der Waals surface area contributed by atoms with Gasteiger partial charge in [-0.2, -0.15) is 0 Å². The largest absolute Gasteiger partial charge is 0.478 e. The zero-order chi connectivity index (χ0) is 11.6. The quantitative estimate of drug-likeness (QED) is 0.710. The van der Waals surface area contributed by atoms with Gasteiger partial charge in [-0.1, -0.05) is 26.8 Å². The van der Waals surface area contributed by atoms with Crippen molar-refractivity contribution in [2.45, 2.75) is 40.5 Å². The molecule has 0 aromatic heterocycles. The fraction of sp³-hybridized carbons (Fsp3) is 0.769. The predicted octanol–water partition coefficient (Wildman–Crippen LogP) is 3.34. The molecule has 0 heterocycles. The summed E-state index contributed by atoms with van der Waals surface area (Å²) in [5.41, 5.74) is 0.494. The first kappa shape index (κ1) is 12.3. The van der Waals surface area contributed by atoms with E-state index in [-0.39, 0.29) is 0 Å². The number of hydrogen-bond donors (Lipinski definition) is 1. The minimum atomic E-state index is -0.783. The molecule has 1 fully saturated rings. The lowest BCUT2D eigenvalue weighted by Gasteiger charge is -2.36. The average molecular weight is 210 g/mol. The van der Waals surface area contributed by atoms with Gasteiger partial charge in [-0.05, 0) is 43.4 Å². The first-order valence-electron chi connectivity index (χ1n) is 5.83. The van der Waals surface area contributed by atoms with Crippen molar-refractivity contribution in [1.29, 1.82) is 0 Å². The molecule has 1 aliphatic rings. The summed E-state index contributed by atoms with van der Waals surface area (Å²) in [6.45, 7) is 8.55. The molecule has 2 heteroatoms. The topological polar surface area (TPSA) is 37.3 Å². The van der Waals surface area contributed by atoms with Crippen LogP contribution in [0.15, 0.2) is 11.6 Å². The van der Waals surface area contributed by atoms with Crippen LogP contribution in [-0.2, 0) is 4.79 Å². The van der Waals surface area contributed by atoms with E-state index in [1.807, 2.05) is 6.08 Å². The van der Waals surface area contributed by atoms with Gasteiger partial charge in [-0.3, -0.25) is 0 Å². The lowest BCUT2D eigenvalue weighted by molar-refractivity contribution is -0.132. The van der Waals surface area contributed by atoms with Crippen LogP contribution in [0.5, 0.6) is 0 Å². The second-order valence-corrected chi connectivity index (χ2v) is 5.20. The summed E-state index contributed by atoms with van der Waals surface area (Å²) >= 11 is 0. The summed E-state index contributed by atoms with van der Waals surface area (Å²) in [5.74, 6) is 1.85. The third-order valence-corrected chi connectivity index (χ3v) is 3.97. The highest BCUT2D eigenvalue weighted by Gasteiger charge is 2.29. The molecule has 0 radical (unpaired) electrons. The Labute approximate surface area is 92.4 Å². The summed E-state index contributed by atoms with van der Waals surface area (Å²) in [4.78, 5) is 10.7. The highest BCUT2D eigenvalue weighted by molar-refractivity contribution is 5.85. The van der Waals surface area contributed by atoms with Crippen molar-refractivity contribution >= 4 is 5.97 Å². The molecule has 1 N–H and O–H groups in total. The van der Waals surface area contributed by atoms with E-state index >= 15 is 0 Å². The van der Waals surface area contributed by atoms with E-state index in [1.54, 1.807) is 6.92 Å². The van der Waals surface area contributed by atoms with Crippen molar-refractivity contribution in [3.63, 3.8) is 0 Å². The summed E-state index contributed by atoms with van der Waals surface area (Å²) in [6.07, 6.45) is 4.22. The molecule has 2 unspecified atom stereocenters. The fourth-order valence-electron chi connectivity index (χ4n) is 2.60. The van der Waals surface area contributed by atoms with E-state index in [9.17, 15) is 4.79 Å². The van der Waals surface area contributed by atoms with Gasteiger partial charge in [-0.25, -0.2) is 4.79 Å². The smallest absolute Gasteiger partial charge is 0.330 e. The van der Waals surface area contributed by atoms with Crippen LogP contribution in [0.1, 0.15) is 40.5 Å². The van der Waals surface area contributed by atoms with E-state index in [1.165, 1.54) is 0 Å². The molecule has 0 aromatic rings. The zero-order valence-electron chi connectivity index (χ0n) is 10.2. The molecule has 15 heavy (non-hydrogen) atoms. The maximum atomic E-state index is 10.7. The Morgan fingerprint density at radius 2 is 1.67 bits per heavy atom. The minimum Gasteiger partial charge on any atom is -0.478 e. The number of aliphatic carboxylic acids is 1. The van der Waals surface area contributed by atoms with E-state index < -0.39 is 5.97 Å². The van der Waals surface area contributed by atoms with Crippen molar-refractivity contribution in [2.75, 3.05) is 0 Å². The normalized spacial score (nSPS) is 37.7. The summed E-state index contributed by atoms with van der Waals surface area (Å²) in [7, 11) is 0. The van der Waals surface area contributed by atoms with Crippen molar-refractivity contribution in [2.24, 2.45) is 23.7 Å². The number of hydrogen-bond acceptors (Lipinski definition) is 1. The predicted molar refractivity (Wildman–Crippen MR) is 61.6 cm³/mol. The number of carboxylic acid groups (broad SMARTS) is 1. The van der Waals surface area contributed by atoms with Crippen LogP contribution in [0, 0.1) is 23.7 Å². The minimum absolute atomic E-state index is 0.460. The SMILES string of the molecule is C/C(=C\C1CC(C)C(C)C(C)C1)C(=O)O. The monoisotopic (exact) mass is 210 g/mol. The molecule has 0 amide bonds. The molecular weight excluding hydrogens is 188 g/mol. The molecule has 2 atom stereocenters. The van der Waals surface area contributed by atoms with E-state index in [0.29, 0.717) is 23.3 Å². The van der Waals surface area contributed by atoms with E-state index in [4.69, 9.17) is 5.11 Å².